The molecule has 15 heavy (non-hydrogen) atoms. The molecule has 0 saturated heterocycles. The average molecular weight is 216 g/mol. The molecule has 4 N–H and O–H groups in total. The molecule has 0 aliphatic heterocycles. The average Bonchev–Trinajstić information content (AvgIpc) is 2.25. The highest BCUT2D eigenvalue weighted by Crippen LogP contribution is 2.24. The fraction of sp³-hybridized carbons (Fsp3) is 0.909. The van der Waals surface area contributed by atoms with Gasteiger partial charge in [0, 0.05) is 18.6 Å². The largest absolute Gasteiger partial charge is 0.396 e. The fourth-order valence-electron chi connectivity index (χ4n) is 1.57. The maximum atomic E-state index is 11.0. The van der Waals surface area contributed by atoms with Crippen molar-refractivity contribution in [1.82, 2.24) is 5.32 Å². The number of aliphatic hydroxyl groups excluding tert-OH is 1. The molecule has 0 saturated carbocycles. The third-order valence-electron chi connectivity index (χ3n) is 3.31. The highest BCUT2D eigenvalue weighted by atomic mass is 16.3. The predicted octanol–water partition coefficient (Wildman–Crippen LogP) is 0.639. The predicted molar refractivity (Wildman–Crippen MR) is 61.4 cm³/mol. The summed E-state index contributed by atoms with van der Waals surface area (Å²) in [5.41, 5.74) is 5.11. The Morgan fingerprint density at radius 3 is 2.20 bits per heavy atom. The zero-order chi connectivity index (χ0) is 11.9. The highest BCUT2D eigenvalue weighted by Gasteiger charge is 2.26. The molecule has 0 aromatic heterocycles. The van der Waals surface area contributed by atoms with E-state index in [9.17, 15) is 9.90 Å². The van der Waals surface area contributed by atoms with Gasteiger partial charge in [0.15, 0.2) is 0 Å². The smallest absolute Gasteiger partial charge is 0.234 e. The lowest BCUT2D eigenvalue weighted by atomic mass is 9.83. The van der Waals surface area contributed by atoms with E-state index in [1.54, 1.807) is 0 Å². The molecule has 0 bridgehead atoms. The lowest BCUT2D eigenvalue weighted by Crippen LogP contribution is -2.46. The van der Waals surface area contributed by atoms with Crippen LogP contribution in [-0.2, 0) is 4.79 Å². The van der Waals surface area contributed by atoms with Crippen LogP contribution in [0.25, 0.3) is 0 Å². The molecule has 4 nitrogen and oxygen atoms in total. The molecule has 0 heterocycles. The van der Waals surface area contributed by atoms with Crippen LogP contribution in [-0.4, -0.2) is 30.2 Å². The molecule has 0 fully saturated rings. The monoisotopic (exact) mass is 216 g/mol. The van der Waals surface area contributed by atoms with Gasteiger partial charge in [-0.15, -0.1) is 0 Å². The van der Waals surface area contributed by atoms with Gasteiger partial charge >= 0.3 is 0 Å². The Morgan fingerprint density at radius 1 is 1.40 bits per heavy atom. The van der Waals surface area contributed by atoms with Crippen LogP contribution in [0, 0.1) is 5.41 Å². The summed E-state index contributed by atoms with van der Waals surface area (Å²) in [5.74, 6) is -0.323. The molecule has 1 unspecified atom stereocenters. The number of carbonyl (C=O) groups excluding carboxylic acids is 1. The number of nitrogens with two attached hydrogens (primary N) is 1. The second-order valence-electron chi connectivity index (χ2n) is 4.11. The van der Waals surface area contributed by atoms with E-state index >= 15 is 0 Å². The van der Waals surface area contributed by atoms with Crippen molar-refractivity contribution in [3.8, 4) is 0 Å². The molecule has 0 aromatic rings. The maximum Gasteiger partial charge on any atom is 0.234 e. The van der Waals surface area contributed by atoms with Crippen molar-refractivity contribution in [2.24, 2.45) is 11.1 Å². The van der Waals surface area contributed by atoms with Crippen LogP contribution in [0.2, 0.25) is 0 Å². The number of aliphatic hydroxyl groups is 1. The number of carbonyl (C=O) groups is 1. The molecule has 90 valence electrons. The standard InChI is InChI=1S/C11H24N2O2/c1-4-9(10(12)15)13-7-11(5-2,6-3)8-14/h9,13-14H,4-8H2,1-3H3,(H2,12,15). The Hall–Kier alpha value is -0.610. The first-order valence-corrected chi connectivity index (χ1v) is 5.68. The minimum absolute atomic E-state index is 0.122. The SMILES string of the molecule is CCC(NCC(CC)(CC)CO)C(N)=O. The Kier molecular flexibility index (Phi) is 6.52. The lowest BCUT2D eigenvalue weighted by molar-refractivity contribution is -0.120. The molecule has 1 amide bonds. The van der Waals surface area contributed by atoms with Crippen molar-refractivity contribution in [2.75, 3.05) is 13.2 Å². The number of primary amides is 1. The molecular weight excluding hydrogens is 192 g/mol. The van der Waals surface area contributed by atoms with Crippen molar-refractivity contribution >= 4 is 5.91 Å². The topological polar surface area (TPSA) is 75.3 Å². The van der Waals surface area contributed by atoms with E-state index in [4.69, 9.17) is 5.73 Å². The van der Waals surface area contributed by atoms with Gasteiger partial charge in [-0.1, -0.05) is 20.8 Å². The van der Waals surface area contributed by atoms with Crippen molar-refractivity contribution < 1.29 is 9.90 Å². The van der Waals surface area contributed by atoms with Gasteiger partial charge in [0.2, 0.25) is 5.91 Å². The summed E-state index contributed by atoms with van der Waals surface area (Å²) in [6, 6.07) is -0.283. The van der Waals surface area contributed by atoms with E-state index in [0.717, 1.165) is 12.8 Å². The molecule has 1 atom stereocenters. The van der Waals surface area contributed by atoms with Gasteiger partial charge in [0.25, 0.3) is 0 Å². The Balaban J connectivity index is 4.25. The number of hydrogen-bond donors (Lipinski definition) is 3. The summed E-state index contributed by atoms with van der Waals surface area (Å²) in [6.45, 7) is 6.79. The van der Waals surface area contributed by atoms with E-state index < -0.39 is 0 Å². The Bertz CT molecular complexity index is 183. The molecule has 0 aromatic carbocycles. The van der Waals surface area contributed by atoms with Gasteiger partial charge in [-0.05, 0) is 19.3 Å². The molecule has 0 aliphatic rings. The normalized spacial score (nSPS) is 13.9. The minimum Gasteiger partial charge on any atom is -0.396 e. The number of hydrogen-bond acceptors (Lipinski definition) is 3. The highest BCUT2D eigenvalue weighted by molar-refractivity contribution is 5.79. The zero-order valence-electron chi connectivity index (χ0n) is 10.0. The summed E-state index contributed by atoms with van der Waals surface area (Å²) in [7, 11) is 0. The van der Waals surface area contributed by atoms with Crippen LogP contribution in [0.3, 0.4) is 0 Å². The molecular formula is C11H24N2O2. The van der Waals surface area contributed by atoms with Crippen molar-refractivity contribution in [3.05, 3.63) is 0 Å². The van der Waals surface area contributed by atoms with Gasteiger partial charge in [-0.3, -0.25) is 4.79 Å². The first-order valence-electron chi connectivity index (χ1n) is 5.68. The third kappa shape index (κ3) is 4.18. The van der Waals surface area contributed by atoms with E-state index in [2.05, 4.69) is 5.32 Å². The summed E-state index contributed by atoms with van der Waals surface area (Å²) in [6.07, 6.45) is 2.47. The molecule has 0 spiro atoms. The first-order chi connectivity index (χ1) is 7.05. The van der Waals surface area contributed by atoms with Crippen LogP contribution in [0.5, 0.6) is 0 Å². The van der Waals surface area contributed by atoms with Crippen molar-refractivity contribution in [3.63, 3.8) is 0 Å². The molecule has 0 radical (unpaired) electrons. The van der Waals surface area contributed by atoms with Crippen LogP contribution in [0.15, 0.2) is 0 Å². The Morgan fingerprint density at radius 2 is 1.93 bits per heavy atom. The lowest BCUT2D eigenvalue weighted by Gasteiger charge is -2.31. The van der Waals surface area contributed by atoms with Crippen LogP contribution in [0.4, 0.5) is 0 Å². The van der Waals surface area contributed by atoms with E-state index in [0.29, 0.717) is 13.0 Å². The van der Waals surface area contributed by atoms with E-state index in [-0.39, 0.29) is 24.0 Å². The van der Waals surface area contributed by atoms with Crippen molar-refractivity contribution in [2.45, 2.75) is 46.1 Å². The number of rotatable bonds is 8. The first kappa shape index (κ1) is 14.4. The molecule has 0 aliphatic carbocycles. The maximum absolute atomic E-state index is 11.0. The minimum atomic E-state index is -0.323. The van der Waals surface area contributed by atoms with Crippen LogP contribution < -0.4 is 11.1 Å². The number of amides is 1. The summed E-state index contributed by atoms with van der Waals surface area (Å²) < 4.78 is 0. The second kappa shape index (κ2) is 6.80. The van der Waals surface area contributed by atoms with Gasteiger partial charge in [-0.25, -0.2) is 0 Å². The van der Waals surface area contributed by atoms with Gasteiger partial charge in [0.1, 0.15) is 0 Å². The van der Waals surface area contributed by atoms with Crippen molar-refractivity contribution in [1.29, 1.82) is 0 Å². The van der Waals surface area contributed by atoms with Crippen LogP contribution >= 0.6 is 0 Å². The Labute approximate surface area is 92.2 Å². The van der Waals surface area contributed by atoms with Gasteiger partial charge in [-0.2, -0.15) is 0 Å². The third-order valence-corrected chi connectivity index (χ3v) is 3.31. The second-order valence-corrected chi connectivity index (χ2v) is 4.11. The van der Waals surface area contributed by atoms with Gasteiger partial charge in [0.05, 0.1) is 6.04 Å². The van der Waals surface area contributed by atoms with Gasteiger partial charge < -0.3 is 16.2 Å². The quantitative estimate of drug-likeness (QED) is 0.557. The molecule has 4 heteroatoms. The summed E-state index contributed by atoms with van der Waals surface area (Å²) >= 11 is 0. The number of nitrogens with one attached hydrogen (secondary N) is 1. The fourth-order valence-corrected chi connectivity index (χ4v) is 1.57. The summed E-state index contributed by atoms with van der Waals surface area (Å²) in [5, 5.41) is 12.5. The van der Waals surface area contributed by atoms with E-state index in [1.807, 2.05) is 20.8 Å². The summed E-state index contributed by atoms with van der Waals surface area (Å²) in [4.78, 5) is 11.0. The van der Waals surface area contributed by atoms with Crippen LogP contribution in [0.1, 0.15) is 40.0 Å². The molecule has 0 rings (SSSR count). The zero-order valence-corrected chi connectivity index (χ0v) is 10.0. The van der Waals surface area contributed by atoms with E-state index in [1.165, 1.54) is 0 Å².